The van der Waals surface area contributed by atoms with Crippen LogP contribution in [0, 0.1) is 17.0 Å². The number of nitro groups is 1. The van der Waals surface area contributed by atoms with Crippen molar-refractivity contribution in [1.29, 1.82) is 0 Å². The van der Waals surface area contributed by atoms with Crippen LogP contribution in [0.3, 0.4) is 0 Å². The zero-order valence-electron chi connectivity index (χ0n) is 20.9. The van der Waals surface area contributed by atoms with Gasteiger partial charge in [-0.25, -0.2) is 4.79 Å². The number of nitrogens with zero attached hydrogens (tertiary/aromatic N) is 6. The number of ether oxygens (including phenoxy) is 1. The second kappa shape index (κ2) is 13.4. The fraction of sp³-hybridized carbons (Fsp3) is 0.333. The van der Waals surface area contributed by atoms with Gasteiger partial charge >= 0.3 is 11.7 Å². The topological polar surface area (TPSA) is 214 Å². The van der Waals surface area contributed by atoms with Crippen LogP contribution < -0.4 is 15.6 Å². The predicted molar refractivity (Wildman–Crippen MR) is 143 cm³/mol. The number of anilines is 1. The summed E-state index contributed by atoms with van der Waals surface area (Å²) in [5.41, 5.74) is -1.59. The van der Waals surface area contributed by atoms with Crippen molar-refractivity contribution in [1.82, 2.24) is 24.6 Å². The lowest BCUT2D eigenvalue weighted by Gasteiger charge is -2.27. The molecule has 40 heavy (non-hydrogen) atoms. The molecule has 3 rings (SSSR count). The second-order valence-corrected chi connectivity index (χ2v) is 10.2. The van der Waals surface area contributed by atoms with Crippen molar-refractivity contribution >= 4 is 56.9 Å². The monoisotopic (exact) mass is 614 g/mol. The molecule has 214 valence electrons. The largest absolute Gasteiger partial charge is 0.755 e. The van der Waals surface area contributed by atoms with E-state index in [2.05, 4.69) is 15.2 Å². The van der Waals surface area contributed by atoms with E-state index in [9.17, 15) is 38.1 Å². The number of H-pyrrole nitrogens is 1. The molecule has 1 N–H and O–H groups in total. The number of aromatic amines is 1. The Kier molecular flexibility index (Phi) is 10.2. The molecule has 1 atom stereocenters. The third-order valence-electron chi connectivity index (χ3n) is 5.24. The molecule has 0 aliphatic rings. The van der Waals surface area contributed by atoms with Crippen LogP contribution in [0.5, 0.6) is 0 Å². The minimum atomic E-state index is -2.92. The average Bonchev–Trinajstić information content (AvgIpc) is 3.36. The van der Waals surface area contributed by atoms with E-state index >= 15 is 0 Å². The van der Waals surface area contributed by atoms with E-state index in [-0.39, 0.29) is 45.1 Å². The van der Waals surface area contributed by atoms with E-state index in [0.717, 1.165) is 31.2 Å². The van der Waals surface area contributed by atoms with Crippen molar-refractivity contribution in [2.45, 2.75) is 20.4 Å². The maximum Gasteiger partial charge on any atom is 0.328 e. The van der Waals surface area contributed by atoms with Gasteiger partial charge in [0.2, 0.25) is 11.0 Å². The number of nitrogens with one attached hydrogen (secondary N) is 1. The molecule has 0 saturated carbocycles. The zero-order valence-corrected chi connectivity index (χ0v) is 23.3. The summed E-state index contributed by atoms with van der Waals surface area (Å²) in [5.74, 6) is -1.52. The molecule has 0 bridgehead atoms. The number of nitro benzene ring substituents is 1. The van der Waals surface area contributed by atoms with Gasteiger partial charge in [0.05, 0.1) is 23.6 Å². The Labute approximate surface area is 236 Å². The van der Waals surface area contributed by atoms with Crippen LogP contribution in [-0.2, 0) is 32.1 Å². The van der Waals surface area contributed by atoms with Crippen LogP contribution >= 0.6 is 22.9 Å². The fourth-order valence-electron chi connectivity index (χ4n) is 3.34. The molecular weight excluding hydrogens is 594 g/mol. The molecule has 1 aromatic carbocycles. The summed E-state index contributed by atoms with van der Waals surface area (Å²) < 4.78 is 30.7. The quantitative estimate of drug-likeness (QED) is 0.129. The third kappa shape index (κ3) is 7.56. The maximum atomic E-state index is 13.0. The number of benzene rings is 1. The van der Waals surface area contributed by atoms with E-state index in [1.54, 1.807) is 6.92 Å². The molecule has 19 heteroatoms. The minimum absolute atomic E-state index is 0.0283. The van der Waals surface area contributed by atoms with Gasteiger partial charge in [-0.1, -0.05) is 22.9 Å². The SMILES string of the molecule is CCOC(=O)CN(CCN(c1nnc(-c2ccc(Cl)cc2[N+](=O)[O-])s1)S(=O)[O-])C(=O)Cn1cc(C)c(=O)[nH]c1=O. The summed E-state index contributed by atoms with van der Waals surface area (Å²) in [5, 5.41) is 19.1. The number of carbonyl (C=O) groups excluding carboxylic acids is 2. The molecule has 2 heterocycles. The van der Waals surface area contributed by atoms with E-state index in [1.165, 1.54) is 25.3 Å². The highest BCUT2D eigenvalue weighted by Gasteiger charge is 2.24. The van der Waals surface area contributed by atoms with Gasteiger partial charge in [0.25, 0.3) is 11.2 Å². The van der Waals surface area contributed by atoms with Crippen molar-refractivity contribution in [2.75, 3.05) is 30.5 Å². The Balaban J connectivity index is 1.85. The first-order valence-corrected chi connectivity index (χ1v) is 13.5. The third-order valence-corrected chi connectivity index (χ3v) is 7.29. The summed E-state index contributed by atoms with van der Waals surface area (Å²) in [6, 6.07) is 3.88. The Morgan fingerprint density at radius 2 is 2.00 bits per heavy atom. The predicted octanol–water partition coefficient (Wildman–Crippen LogP) is 0.618. The van der Waals surface area contributed by atoms with Crippen LogP contribution in [0.25, 0.3) is 10.6 Å². The Hall–Kier alpha value is -4.00. The number of hydrogen-bond donors (Lipinski definition) is 1. The second-order valence-electron chi connectivity index (χ2n) is 7.95. The highest BCUT2D eigenvalue weighted by Crippen LogP contribution is 2.36. The molecule has 16 nitrogen and oxygen atoms in total. The molecule has 3 aromatic rings. The van der Waals surface area contributed by atoms with Crippen LogP contribution in [0.1, 0.15) is 12.5 Å². The average molecular weight is 615 g/mol. The highest BCUT2D eigenvalue weighted by molar-refractivity contribution is 7.80. The molecule has 0 spiro atoms. The van der Waals surface area contributed by atoms with Crippen LogP contribution in [-0.4, -0.2) is 76.5 Å². The van der Waals surface area contributed by atoms with E-state index < -0.39 is 58.9 Å². The van der Waals surface area contributed by atoms with Gasteiger partial charge < -0.3 is 14.2 Å². The highest BCUT2D eigenvalue weighted by atomic mass is 35.5. The number of aryl methyl sites for hydroxylation is 1. The lowest BCUT2D eigenvalue weighted by atomic mass is 10.2. The fourth-order valence-corrected chi connectivity index (χ4v) is 5.01. The molecule has 1 amide bonds. The van der Waals surface area contributed by atoms with E-state index in [1.807, 2.05) is 0 Å². The summed E-state index contributed by atoms with van der Waals surface area (Å²) in [6.07, 6.45) is 1.18. The van der Waals surface area contributed by atoms with E-state index in [4.69, 9.17) is 16.3 Å². The molecule has 0 aliphatic heterocycles. The lowest BCUT2D eigenvalue weighted by molar-refractivity contribution is -0.384. The smallest absolute Gasteiger partial charge is 0.328 e. The van der Waals surface area contributed by atoms with Gasteiger partial charge in [-0.15, -0.1) is 10.2 Å². The molecule has 1 unspecified atom stereocenters. The Bertz CT molecular complexity index is 1570. The first-order chi connectivity index (χ1) is 18.9. The van der Waals surface area contributed by atoms with Gasteiger partial charge in [-0.3, -0.25) is 42.6 Å². The molecule has 0 radical (unpaired) electrons. The van der Waals surface area contributed by atoms with Crippen LogP contribution in [0.15, 0.2) is 34.0 Å². The van der Waals surface area contributed by atoms with Gasteiger partial charge in [-0.2, -0.15) is 0 Å². The van der Waals surface area contributed by atoms with Crippen LogP contribution in [0.4, 0.5) is 10.8 Å². The molecular formula is C21H21ClN7O9S2-. The van der Waals surface area contributed by atoms with Gasteiger partial charge in [0, 0.05) is 40.7 Å². The van der Waals surface area contributed by atoms with E-state index in [0.29, 0.717) is 0 Å². The summed E-state index contributed by atoms with van der Waals surface area (Å²) >= 11 is 3.66. The normalized spacial score (nSPS) is 11.6. The number of carbonyl (C=O) groups is 2. The number of aromatic nitrogens is 4. The van der Waals surface area contributed by atoms with Crippen molar-refractivity contribution in [3.8, 4) is 10.6 Å². The summed E-state index contributed by atoms with van der Waals surface area (Å²) in [4.78, 5) is 62.7. The number of amides is 1. The summed E-state index contributed by atoms with van der Waals surface area (Å²) in [7, 11) is 0. The molecule has 2 aromatic heterocycles. The zero-order chi connectivity index (χ0) is 29.6. The van der Waals surface area contributed by atoms with Gasteiger partial charge in [-0.05, 0) is 26.0 Å². The number of hydrogen-bond acceptors (Lipinski definition) is 12. The van der Waals surface area contributed by atoms with Crippen LogP contribution in [0.2, 0.25) is 5.02 Å². The molecule has 0 saturated heterocycles. The van der Waals surface area contributed by atoms with Crippen molar-refractivity contribution in [2.24, 2.45) is 0 Å². The first-order valence-electron chi connectivity index (χ1n) is 11.3. The summed E-state index contributed by atoms with van der Waals surface area (Å²) in [6.45, 7) is 1.19. The Morgan fingerprint density at radius 3 is 2.65 bits per heavy atom. The molecule has 0 fully saturated rings. The van der Waals surface area contributed by atoms with Crippen molar-refractivity contribution in [3.63, 3.8) is 0 Å². The van der Waals surface area contributed by atoms with Crippen molar-refractivity contribution in [3.05, 3.63) is 65.9 Å². The number of halogens is 1. The number of esters is 1. The minimum Gasteiger partial charge on any atom is -0.755 e. The maximum absolute atomic E-state index is 13.0. The first kappa shape index (κ1) is 30.5. The Morgan fingerprint density at radius 1 is 1.27 bits per heavy atom. The van der Waals surface area contributed by atoms with Gasteiger partial charge in [0.15, 0.2) is 5.01 Å². The van der Waals surface area contributed by atoms with Crippen molar-refractivity contribution < 1.29 is 28.0 Å². The number of rotatable bonds is 12. The van der Waals surface area contributed by atoms with Gasteiger partial charge in [0.1, 0.15) is 13.1 Å². The lowest BCUT2D eigenvalue weighted by Crippen LogP contribution is -2.45. The standard InChI is InChI=1S/C21H22ClN7O9S2/c1-3-38-17(31)11-26(16(30)10-27-9-12(2)18(32)23-20(27)33)6-7-28(40(36)37)21-25-24-19(39-21)14-5-4-13(22)8-15(14)29(34)35/h4-5,8-9H,3,6-7,10-11H2,1-2H3,(H,36,37)(H,23,32,33)/p-1. The molecule has 0 aliphatic carbocycles.